The van der Waals surface area contributed by atoms with Crippen LogP contribution in [0.1, 0.15) is 10.4 Å². The first-order valence-electron chi connectivity index (χ1n) is 6.76. The Morgan fingerprint density at radius 3 is 2.62 bits per heavy atom. The van der Waals surface area contributed by atoms with Crippen LogP contribution in [-0.2, 0) is 16.1 Å². The first-order valence-corrected chi connectivity index (χ1v) is 7.64. The molecule has 0 saturated heterocycles. The molecule has 4 nitrogen and oxygen atoms in total. The van der Waals surface area contributed by atoms with Crippen molar-refractivity contribution in [2.24, 2.45) is 5.73 Å². The lowest BCUT2D eigenvalue weighted by molar-refractivity contribution is -0.121. The summed E-state index contributed by atoms with van der Waals surface area (Å²) in [6, 6.07) is 11.2. The molecule has 1 aromatic carbocycles. The zero-order chi connectivity index (χ0) is 15.2. The van der Waals surface area contributed by atoms with E-state index in [-0.39, 0.29) is 12.5 Å². The Balaban J connectivity index is 2.25. The van der Waals surface area contributed by atoms with Gasteiger partial charge in [0.15, 0.2) is 0 Å². The highest BCUT2D eigenvalue weighted by Crippen LogP contribution is 2.21. The summed E-state index contributed by atoms with van der Waals surface area (Å²) in [5.41, 5.74) is 7.92. The Hall–Kier alpha value is -1.69. The molecule has 1 heterocycles. The number of thiophene rings is 1. The number of amides is 1. The van der Waals surface area contributed by atoms with E-state index in [1.54, 1.807) is 23.3 Å². The molecule has 0 bridgehead atoms. The van der Waals surface area contributed by atoms with Crippen LogP contribution < -0.4 is 10.6 Å². The lowest BCUT2D eigenvalue weighted by Crippen LogP contribution is -2.46. The third-order valence-corrected chi connectivity index (χ3v) is 4.03. The largest absolute Gasteiger partial charge is 0.383 e. The molecular formula is C16H20N2O2S. The molecule has 2 rings (SSSR count). The van der Waals surface area contributed by atoms with Crippen LogP contribution in [0.3, 0.4) is 0 Å². The lowest BCUT2D eigenvalue weighted by Gasteiger charge is -2.25. The van der Waals surface area contributed by atoms with Crippen LogP contribution in [0.15, 0.2) is 41.8 Å². The van der Waals surface area contributed by atoms with Crippen molar-refractivity contribution in [3.8, 4) is 0 Å². The van der Waals surface area contributed by atoms with Gasteiger partial charge in [0.25, 0.3) is 0 Å². The fourth-order valence-electron chi connectivity index (χ4n) is 2.03. The van der Waals surface area contributed by atoms with E-state index >= 15 is 0 Å². The number of nitrogens with two attached hydrogens (primary N) is 1. The van der Waals surface area contributed by atoms with Crippen molar-refractivity contribution < 1.29 is 9.53 Å². The van der Waals surface area contributed by atoms with E-state index in [0.29, 0.717) is 6.54 Å². The van der Waals surface area contributed by atoms with Gasteiger partial charge in [0.05, 0.1) is 13.2 Å². The number of hydrogen-bond acceptors (Lipinski definition) is 4. The van der Waals surface area contributed by atoms with Gasteiger partial charge in [-0.3, -0.25) is 4.79 Å². The normalized spacial score (nSPS) is 12.1. The molecule has 0 saturated carbocycles. The highest BCUT2D eigenvalue weighted by atomic mass is 32.1. The van der Waals surface area contributed by atoms with Gasteiger partial charge in [-0.2, -0.15) is 0 Å². The third kappa shape index (κ3) is 4.14. The maximum atomic E-state index is 12.6. The number of carbonyl (C=O) groups excluding carboxylic acids is 1. The van der Waals surface area contributed by atoms with Crippen molar-refractivity contribution >= 4 is 22.9 Å². The van der Waals surface area contributed by atoms with Gasteiger partial charge in [-0.05, 0) is 30.5 Å². The molecule has 2 aromatic rings. The van der Waals surface area contributed by atoms with E-state index in [4.69, 9.17) is 10.5 Å². The predicted octanol–water partition coefficient (Wildman–Crippen LogP) is 2.56. The fourth-order valence-corrected chi connectivity index (χ4v) is 2.72. The van der Waals surface area contributed by atoms with E-state index in [2.05, 4.69) is 0 Å². The second kappa shape index (κ2) is 7.36. The minimum Gasteiger partial charge on any atom is -0.383 e. The molecule has 1 amide bonds. The summed E-state index contributed by atoms with van der Waals surface area (Å²) >= 11 is 1.63. The lowest BCUT2D eigenvalue weighted by atomic mass is 10.2. The maximum Gasteiger partial charge on any atom is 0.246 e. The average molecular weight is 304 g/mol. The number of aryl methyl sites for hydroxylation is 1. The van der Waals surface area contributed by atoms with Gasteiger partial charge in [0.1, 0.15) is 6.04 Å². The van der Waals surface area contributed by atoms with Crippen LogP contribution in [0, 0.1) is 6.92 Å². The van der Waals surface area contributed by atoms with E-state index in [1.165, 1.54) is 0 Å². The van der Waals surface area contributed by atoms with Crippen molar-refractivity contribution in [1.29, 1.82) is 0 Å². The number of hydrogen-bond donors (Lipinski definition) is 1. The summed E-state index contributed by atoms with van der Waals surface area (Å²) < 4.78 is 5.00. The number of ether oxygens (including phenoxy) is 1. The van der Waals surface area contributed by atoms with Gasteiger partial charge in [0.2, 0.25) is 5.91 Å². The molecule has 2 N–H and O–H groups in total. The molecule has 0 fully saturated rings. The summed E-state index contributed by atoms with van der Waals surface area (Å²) in [6.07, 6.45) is 0. The first-order chi connectivity index (χ1) is 10.1. The Kier molecular flexibility index (Phi) is 5.50. The van der Waals surface area contributed by atoms with Crippen molar-refractivity contribution in [3.05, 3.63) is 52.2 Å². The predicted molar refractivity (Wildman–Crippen MR) is 86.5 cm³/mol. The second-order valence-electron chi connectivity index (χ2n) is 4.90. The third-order valence-electron chi connectivity index (χ3n) is 3.17. The second-order valence-corrected chi connectivity index (χ2v) is 5.93. The Morgan fingerprint density at radius 2 is 2.05 bits per heavy atom. The van der Waals surface area contributed by atoms with E-state index in [1.807, 2.05) is 48.7 Å². The molecule has 1 aromatic heterocycles. The van der Waals surface area contributed by atoms with Crippen LogP contribution in [0.2, 0.25) is 0 Å². The smallest absolute Gasteiger partial charge is 0.246 e. The average Bonchev–Trinajstić information content (AvgIpc) is 2.98. The number of rotatable bonds is 6. The number of benzene rings is 1. The van der Waals surface area contributed by atoms with E-state index < -0.39 is 6.04 Å². The summed E-state index contributed by atoms with van der Waals surface area (Å²) in [5.74, 6) is -0.130. The van der Waals surface area contributed by atoms with Gasteiger partial charge in [-0.15, -0.1) is 11.3 Å². The topological polar surface area (TPSA) is 55.6 Å². The van der Waals surface area contributed by atoms with E-state index in [9.17, 15) is 4.79 Å². The molecule has 0 aliphatic rings. The zero-order valence-corrected chi connectivity index (χ0v) is 13.1. The van der Waals surface area contributed by atoms with Crippen LogP contribution in [-0.4, -0.2) is 25.7 Å². The van der Waals surface area contributed by atoms with Crippen LogP contribution in [0.25, 0.3) is 0 Å². The summed E-state index contributed by atoms with van der Waals surface area (Å²) in [4.78, 5) is 15.4. The van der Waals surface area contributed by atoms with Gasteiger partial charge in [-0.25, -0.2) is 0 Å². The molecule has 0 radical (unpaired) electrons. The summed E-state index contributed by atoms with van der Waals surface area (Å²) in [6.45, 7) is 2.76. The molecule has 1 atom stereocenters. The number of carbonyl (C=O) groups is 1. The molecule has 112 valence electrons. The van der Waals surface area contributed by atoms with Gasteiger partial charge in [0, 0.05) is 17.7 Å². The van der Waals surface area contributed by atoms with Gasteiger partial charge < -0.3 is 15.4 Å². The van der Waals surface area contributed by atoms with E-state index in [0.717, 1.165) is 16.1 Å². The van der Waals surface area contributed by atoms with Crippen molar-refractivity contribution in [3.63, 3.8) is 0 Å². The minimum absolute atomic E-state index is 0.130. The monoisotopic (exact) mass is 304 g/mol. The Morgan fingerprint density at radius 1 is 1.33 bits per heavy atom. The number of methoxy groups -OCH3 is 1. The highest BCUT2D eigenvalue weighted by molar-refractivity contribution is 7.09. The number of nitrogens with zero attached hydrogens (tertiary/aromatic N) is 1. The summed E-state index contributed by atoms with van der Waals surface area (Å²) in [5, 5.41) is 2.00. The van der Waals surface area contributed by atoms with Crippen LogP contribution >= 0.6 is 11.3 Å². The first kappa shape index (κ1) is 15.7. The standard InChI is InChI=1S/C16H20N2O2S/c1-12-5-7-13(8-6-12)18(10-14-4-3-9-21-14)16(19)15(17)11-20-2/h3-9,15H,10-11,17H2,1-2H3. The maximum absolute atomic E-state index is 12.6. The summed E-state index contributed by atoms with van der Waals surface area (Å²) in [7, 11) is 1.54. The molecule has 1 unspecified atom stereocenters. The minimum atomic E-state index is -0.656. The highest BCUT2D eigenvalue weighted by Gasteiger charge is 2.22. The Bertz CT molecular complexity index is 566. The van der Waals surface area contributed by atoms with Crippen molar-refractivity contribution in [2.75, 3.05) is 18.6 Å². The van der Waals surface area contributed by atoms with Crippen molar-refractivity contribution in [2.45, 2.75) is 19.5 Å². The van der Waals surface area contributed by atoms with Crippen LogP contribution in [0.5, 0.6) is 0 Å². The van der Waals surface area contributed by atoms with Gasteiger partial charge in [-0.1, -0.05) is 23.8 Å². The zero-order valence-electron chi connectivity index (χ0n) is 12.3. The molecule has 0 aliphatic carbocycles. The quantitative estimate of drug-likeness (QED) is 0.892. The van der Waals surface area contributed by atoms with Crippen LogP contribution in [0.4, 0.5) is 5.69 Å². The molecule has 0 spiro atoms. The fraction of sp³-hybridized carbons (Fsp3) is 0.312. The molecule has 21 heavy (non-hydrogen) atoms. The Labute approximate surface area is 129 Å². The molecule has 5 heteroatoms. The van der Waals surface area contributed by atoms with Gasteiger partial charge >= 0.3 is 0 Å². The SMILES string of the molecule is COCC(N)C(=O)N(Cc1cccs1)c1ccc(C)cc1. The molecule has 0 aliphatic heterocycles. The number of anilines is 1. The van der Waals surface area contributed by atoms with Crippen molar-refractivity contribution in [1.82, 2.24) is 0 Å². The molecular weight excluding hydrogens is 284 g/mol.